The summed E-state index contributed by atoms with van der Waals surface area (Å²) in [4.78, 5) is 2.08. The predicted octanol–water partition coefficient (Wildman–Crippen LogP) is 0.562. The molecular formula is C9H19NO2. The molecule has 0 aromatic rings. The molecule has 2 N–H and O–H groups in total. The Morgan fingerprint density at radius 3 is 2.83 bits per heavy atom. The first-order valence-electron chi connectivity index (χ1n) is 4.80. The second kappa shape index (κ2) is 4.80. The molecule has 12 heavy (non-hydrogen) atoms. The van der Waals surface area contributed by atoms with Crippen molar-refractivity contribution >= 4 is 0 Å². The van der Waals surface area contributed by atoms with Gasteiger partial charge < -0.3 is 10.2 Å². The van der Waals surface area contributed by atoms with E-state index in [0.717, 1.165) is 19.4 Å². The summed E-state index contributed by atoms with van der Waals surface area (Å²) in [5, 5.41) is 18.2. The quantitative estimate of drug-likeness (QED) is 0.655. The molecule has 0 aliphatic carbocycles. The van der Waals surface area contributed by atoms with Crippen LogP contribution in [0.3, 0.4) is 0 Å². The maximum atomic E-state index is 9.42. The minimum atomic E-state index is -0.359. The van der Waals surface area contributed by atoms with Crippen molar-refractivity contribution in [2.24, 2.45) is 0 Å². The highest BCUT2D eigenvalue weighted by Crippen LogP contribution is 2.20. The summed E-state index contributed by atoms with van der Waals surface area (Å²) in [6.45, 7) is 3.01. The van der Waals surface area contributed by atoms with Crippen molar-refractivity contribution in [3.8, 4) is 0 Å². The van der Waals surface area contributed by atoms with Gasteiger partial charge in [0.2, 0.25) is 0 Å². The monoisotopic (exact) mass is 173 g/mol. The number of aliphatic hydroxyl groups excluding tert-OH is 2. The summed E-state index contributed by atoms with van der Waals surface area (Å²) in [7, 11) is 0. The molecule has 3 heteroatoms. The minimum absolute atomic E-state index is 0.230. The van der Waals surface area contributed by atoms with Crippen LogP contribution in [0.2, 0.25) is 0 Å². The van der Waals surface area contributed by atoms with E-state index in [-0.39, 0.29) is 12.8 Å². The molecule has 1 aliphatic rings. The summed E-state index contributed by atoms with van der Waals surface area (Å²) >= 11 is 0. The van der Waals surface area contributed by atoms with Gasteiger partial charge in [-0.05, 0) is 26.2 Å². The average Bonchev–Trinajstić information content (AvgIpc) is 2.05. The van der Waals surface area contributed by atoms with Gasteiger partial charge in [0, 0.05) is 19.2 Å². The van der Waals surface area contributed by atoms with E-state index in [4.69, 9.17) is 5.11 Å². The second-order valence-electron chi connectivity index (χ2n) is 3.53. The fraction of sp³-hybridized carbons (Fsp3) is 1.00. The summed E-state index contributed by atoms with van der Waals surface area (Å²) < 4.78 is 0. The van der Waals surface area contributed by atoms with Gasteiger partial charge in [-0.2, -0.15) is 0 Å². The molecule has 0 spiro atoms. The highest BCUT2D eigenvalue weighted by atomic mass is 16.3. The fourth-order valence-corrected chi connectivity index (χ4v) is 1.97. The molecule has 0 bridgehead atoms. The van der Waals surface area contributed by atoms with E-state index in [1.165, 1.54) is 12.8 Å². The Kier molecular flexibility index (Phi) is 3.98. The number of hydrogen-bond donors (Lipinski definition) is 2. The molecule has 0 amide bonds. The van der Waals surface area contributed by atoms with Gasteiger partial charge in [0.05, 0.1) is 0 Å². The molecule has 1 heterocycles. The van der Waals surface area contributed by atoms with Crippen molar-refractivity contribution in [2.45, 2.75) is 44.9 Å². The summed E-state index contributed by atoms with van der Waals surface area (Å²) in [5.74, 6) is 0. The van der Waals surface area contributed by atoms with Crippen molar-refractivity contribution in [2.75, 3.05) is 13.2 Å². The van der Waals surface area contributed by atoms with Crippen molar-refractivity contribution in [3.05, 3.63) is 0 Å². The van der Waals surface area contributed by atoms with Gasteiger partial charge in [-0.15, -0.1) is 0 Å². The van der Waals surface area contributed by atoms with Crippen LogP contribution in [0.25, 0.3) is 0 Å². The number of likely N-dealkylation sites (tertiary alicyclic amines) is 1. The topological polar surface area (TPSA) is 43.7 Å². The first-order valence-corrected chi connectivity index (χ1v) is 4.80. The summed E-state index contributed by atoms with van der Waals surface area (Å²) in [6.07, 6.45) is 3.96. The van der Waals surface area contributed by atoms with Crippen molar-refractivity contribution in [1.82, 2.24) is 4.90 Å². The van der Waals surface area contributed by atoms with Crippen LogP contribution >= 0.6 is 0 Å². The third-order valence-corrected chi connectivity index (χ3v) is 2.61. The first-order chi connectivity index (χ1) is 5.75. The average molecular weight is 173 g/mol. The van der Waals surface area contributed by atoms with E-state index < -0.39 is 0 Å². The highest BCUT2D eigenvalue weighted by molar-refractivity contribution is 4.76. The highest BCUT2D eigenvalue weighted by Gasteiger charge is 2.24. The third-order valence-electron chi connectivity index (χ3n) is 2.61. The zero-order valence-corrected chi connectivity index (χ0v) is 7.74. The Morgan fingerprint density at radius 1 is 1.50 bits per heavy atom. The van der Waals surface area contributed by atoms with Crippen LogP contribution < -0.4 is 0 Å². The number of rotatable bonds is 3. The predicted molar refractivity (Wildman–Crippen MR) is 47.7 cm³/mol. The van der Waals surface area contributed by atoms with Gasteiger partial charge in [-0.1, -0.05) is 6.42 Å². The van der Waals surface area contributed by atoms with E-state index in [1.54, 1.807) is 6.92 Å². The lowest BCUT2D eigenvalue weighted by atomic mass is 9.99. The smallest absolute Gasteiger partial charge is 0.104 e. The van der Waals surface area contributed by atoms with Gasteiger partial charge in [-0.3, -0.25) is 4.90 Å². The molecule has 1 saturated heterocycles. The zero-order valence-electron chi connectivity index (χ0n) is 7.74. The van der Waals surface area contributed by atoms with Gasteiger partial charge in [0.1, 0.15) is 6.23 Å². The van der Waals surface area contributed by atoms with Crippen molar-refractivity contribution < 1.29 is 10.2 Å². The molecule has 72 valence electrons. The Hall–Kier alpha value is -0.120. The normalized spacial score (nSPS) is 28.8. The first kappa shape index (κ1) is 9.96. The lowest BCUT2D eigenvalue weighted by Gasteiger charge is -2.37. The number of aliphatic hydroxyl groups is 2. The summed E-state index contributed by atoms with van der Waals surface area (Å²) in [6, 6.07) is 0.392. The second-order valence-corrected chi connectivity index (χ2v) is 3.53. The molecule has 2 atom stereocenters. The molecule has 3 nitrogen and oxygen atoms in total. The maximum absolute atomic E-state index is 9.42. The molecule has 2 unspecified atom stereocenters. The minimum Gasteiger partial charge on any atom is -0.396 e. The van der Waals surface area contributed by atoms with Gasteiger partial charge >= 0.3 is 0 Å². The Labute approximate surface area is 74.0 Å². The SMILES string of the molecule is CC(O)N1CCCCC1CCO. The van der Waals surface area contributed by atoms with E-state index in [2.05, 4.69) is 4.90 Å². The molecule has 1 rings (SSSR count). The van der Waals surface area contributed by atoms with E-state index in [0.29, 0.717) is 6.04 Å². The Morgan fingerprint density at radius 2 is 2.25 bits per heavy atom. The van der Waals surface area contributed by atoms with Crippen LogP contribution in [0.15, 0.2) is 0 Å². The van der Waals surface area contributed by atoms with Gasteiger partial charge in [-0.25, -0.2) is 0 Å². The van der Waals surface area contributed by atoms with E-state index in [9.17, 15) is 5.11 Å². The van der Waals surface area contributed by atoms with Crippen LogP contribution in [0.4, 0.5) is 0 Å². The molecular weight excluding hydrogens is 154 g/mol. The lowest BCUT2D eigenvalue weighted by Crippen LogP contribution is -2.45. The molecule has 0 aromatic heterocycles. The van der Waals surface area contributed by atoms with Crippen LogP contribution in [0.5, 0.6) is 0 Å². The van der Waals surface area contributed by atoms with E-state index in [1.807, 2.05) is 0 Å². The largest absolute Gasteiger partial charge is 0.396 e. The fourth-order valence-electron chi connectivity index (χ4n) is 1.97. The van der Waals surface area contributed by atoms with Crippen LogP contribution in [-0.2, 0) is 0 Å². The summed E-state index contributed by atoms with van der Waals surface area (Å²) in [5.41, 5.74) is 0. The van der Waals surface area contributed by atoms with Gasteiger partial charge in [0.25, 0.3) is 0 Å². The molecule has 0 aromatic carbocycles. The van der Waals surface area contributed by atoms with Gasteiger partial charge in [0.15, 0.2) is 0 Å². The third kappa shape index (κ3) is 2.44. The molecule has 1 fully saturated rings. The van der Waals surface area contributed by atoms with Crippen LogP contribution in [0, 0.1) is 0 Å². The maximum Gasteiger partial charge on any atom is 0.104 e. The zero-order chi connectivity index (χ0) is 8.97. The Balaban J connectivity index is 2.42. The molecule has 0 saturated carbocycles. The Bertz CT molecular complexity index is 126. The van der Waals surface area contributed by atoms with Crippen molar-refractivity contribution in [1.29, 1.82) is 0 Å². The standard InChI is InChI=1S/C9H19NO2/c1-8(12)10-6-3-2-4-9(10)5-7-11/h8-9,11-12H,2-7H2,1H3. The molecule has 0 radical (unpaired) electrons. The van der Waals surface area contributed by atoms with Crippen molar-refractivity contribution in [3.63, 3.8) is 0 Å². The van der Waals surface area contributed by atoms with Crippen LogP contribution in [-0.4, -0.2) is 40.5 Å². The molecule has 1 aliphatic heterocycles. The number of piperidine rings is 1. The van der Waals surface area contributed by atoms with E-state index >= 15 is 0 Å². The van der Waals surface area contributed by atoms with Crippen LogP contribution in [0.1, 0.15) is 32.6 Å². The number of nitrogens with zero attached hydrogens (tertiary/aromatic N) is 1. The lowest BCUT2D eigenvalue weighted by molar-refractivity contribution is -0.0339. The number of hydrogen-bond acceptors (Lipinski definition) is 3.